The van der Waals surface area contributed by atoms with Crippen molar-refractivity contribution in [3.05, 3.63) is 70.3 Å². The van der Waals surface area contributed by atoms with Gasteiger partial charge in [0, 0.05) is 30.2 Å². The van der Waals surface area contributed by atoms with Crippen LogP contribution in [0.3, 0.4) is 0 Å². The number of fused-ring (bicyclic) bond motifs is 1. The predicted molar refractivity (Wildman–Crippen MR) is 118 cm³/mol. The molecule has 4 aromatic rings. The van der Waals surface area contributed by atoms with Crippen LogP contribution in [-0.4, -0.2) is 45.8 Å². The molecule has 0 bridgehead atoms. The largest absolute Gasteiger partial charge is 0.486 e. The number of halogens is 1. The van der Waals surface area contributed by atoms with Gasteiger partial charge in [0.15, 0.2) is 5.01 Å². The van der Waals surface area contributed by atoms with Gasteiger partial charge in [-0.05, 0) is 24.3 Å². The van der Waals surface area contributed by atoms with E-state index in [0.29, 0.717) is 11.6 Å². The van der Waals surface area contributed by atoms with Gasteiger partial charge in [-0.25, -0.2) is 9.50 Å². The van der Waals surface area contributed by atoms with Crippen LogP contribution in [0.5, 0.6) is 5.75 Å². The molecule has 1 saturated heterocycles. The first kappa shape index (κ1) is 19.5. The summed E-state index contributed by atoms with van der Waals surface area (Å²) in [7, 11) is 0. The van der Waals surface area contributed by atoms with Gasteiger partial charge in [-0.3, -0.25) is 4.90 Å². The number of nitrogens with zero attached hydrogens (tertiary/aromatic N) is 4. The molecule has 8 heteroatoms. The molecule has 0 unspecified atom stereocenters. The number of hydrogen-bond acceptors (Lipinski definition) is 6. The minimum absolute atomic E-state index is 0.396. The highest BCUT2D eigenvalue weighted by Crippen LogP contribution is 2.29. The average Bonchev–Trinajstić information content (AvgIpc) is 3.33. The number of aromatic nitrogens is 3. The normalized spacial score (nSPS) is 15.0. The summed E-state index contributed by atoms with van der Waals surface area (Å²) in [5.41, 5.74) is 3.20. The van der Waals surface area contributed by atoms with Crippen LogP contribution >= 0.6 is 22.9 Å². The Bertz CT molecular complexity index is 1120. The molecule has 6 nitrogen and oxygen atoms in total. The maximum absolute atomic E-state index is 5.94. The zero-order valence-electron chi connectivity index (χ0n) is 16.3. The molecule has 154 valence electrons. The smallest absolute Gasteiger partial charge is 0.213 e. The third kappa shape index (κ3) is 4.20. The van der Waals surface area contributed by atoms with E-state index in [0.717, 1.165) is 65.5 Å². The summed E-state index contributed by atoms with van der Waals surface area (Å²) in [4.78, 5) is 8.20. The van der Waals surface area contributed by atoms with Gasteiger partial charge in [0.25, 0.3) is 0 Å². The van der Waals surface area contributed by atoms with Crippen molar-refractivity contribution in [2.24, 2.45) is 0 Å². The van der Waals surface area contributed by atoms with Crippen LogP contribution in [-0.2, 0) is 17.9 Å². The molecule has 5 rings (SSSR count). The zero-order chi connectivity index (χ0) is 20.3. The predicted octanol–water partition coefficient (Wildman–Crippen LogP) is 4.52. The summed E-state index contributed by atoms with van der Waals surface area (Å²) < 4.78 is 13.4. The molecule has 0 spiro atoms. The number of morpholine rings is 1. The molecule has 1 aliphatic heterocycles. The van der Waals surface area contributed by atoms with Crippen molar-refractivity contribution >= 4 is 27.9 Å². The third-order valence-electron chi connectivity index (χ3n) is 5.04. The molecule has 2 aromatic carbocycles. The molecule has 30 heavy (non-hydrogen) atoms. The minimum atomic E-state index is 0.396. The summed E-state index contributed by atoms with van der Waals surface area (Å²) in [5.74, 6) is 0.769. The van der Waals surface area contributed by atoms with Gasteiger partial charge in [0.2, 0.25) is 4.96 Å². The van der Waals surface area contributed by atoms with E-state index in [-0.39, 0.29) is 0 Å². The Labute approximate surface area is 183 Å². The average molecular weight is 441 g/mol. The van der Waals surface area contributed by atoms with Crippen molar-refractivity contribution in [3.63, 3.8) is 0 Å². The van der Waals surface area contributed by atoms with Crippen molar-refractivity contribution in [1.82, 2.24) is 19.5 Å². The molecule has 0 amide bonds. The van der Waals surface area contributed by atoms with Crippen molar-refractivity contribution in [2.45, 2.75) is 13.2 Å². The quantitative estimate of drug-likeness (QED) is 0.441. The maximum Gasteiger partial charge on any atom is 0.213 e. The van der Waals surface area contributed by atoms with Crippen molar-refractivity contribution in [3.8, 4) is 17.0 Å². The number of ether oxygens (including phenoxy) is 2. The van der Waals surface area contributed by atoms with Crippen LogP contribution in [0.1, 0.15) is 10.7 Å². The van der Waals surface area contributed by atoms with Crippen LogP contribution in [0.25, 0.3) is 16.2 Å². The molecule has 0 saturated carbocycles. The summed E-state index contributed by atoms with van der Waals surface area (Å²) >= 11 is 7.50. The summed E-state index contributed by atoms with van der Waals surface area (Å²) in [6.45, 7) is 4.54. The van der Waals surface area contributed by atoms with E-state index in [1.165, 1.54) is 0 Å². The summed E-state index contributed by atoms with van der Waals surface area (Å²) in [5, 5.41) is 6.40. The standard InChI is InChI=1S/C22H21ClN4O2S/c23-17-6-8-18(9-7-17)29-15-20-25-27-19(14-26-10-12-28-13-11-26)21(24-22(27)30-20)16-4-2-1-3-5-16/h1-9H,10-15H2. The molecule has 0 atom stereocenters. The maximum atomic E-state index is 5.94. The first-order valence-corrected chi connectivity index (χ1v) is 11.1. The number of hydrogen-bond donors (Lipinski definition) is 0. The molecular formula is C22H21ClN4O2S. The number of rotatable bonds is 6. The number of benzene rings is 2. The van der Waals surface area contributed by atoms with E-state index in [2.05, 4.69) is 17.0 Å². The summed E-state index contributed by atoms with van der Waals surface area (Å²) in [6, 6.07) is 17.7. The molecule has 0 radical (unpaired) electrons. The Morgan fingerprint density at radius 2 is 1.80 bits per heavy atom. The van der Waals surface area contributed by atoms with Crippen LogP contribution in [0.15, 0.2) is 54.6 Å². The van der Waals surface area contributed by atoms with Crippen molar-refractivity contribution in [1.29, 1.82) is 0 Å². The van der Waals surface area contributed by atoms with Gasteiger partial charge < -0.3 is 9.47 Å². The van der Waals surface area contributed by atoms with Gasteiger partial charge in [0.1, 0.15) is 12.4 Å². The van der Waals surface area contributed by atoms with Crippen molar-refractivity contribution < 1.29 is 9.47 Å². The molecular weight excluding hydrogens is 420 g/mol. The third-order valence-corrected chi connectivity index (χ3v) is 6.17. The second-order valence-corrected chi connectivity index (χ2v) is 8.57. The Kier molecular flexibility index (Phi) is 5.68. The highest BCUT2D eigenvalue weighted by atomic mass is 35.5. The molecule has 3 heterocycles. The van der Waals surface area contributed by atoms with E-state index < -0.39 is 0 Å². The minimum Gasteiger partial charge on any atom is -0.486 e. The molecule has 2 aromatic heterocycles. The van der Waals surface area contributed by atoms with Gasteiger partial charge in [0.05, 0.1) is 24.6 Å². The van der Waals surface area contributed by atoms with Gasteiger partial charge in [-0.15, -0.1) is 0 Å². The van der Waals surface area contributed by atoms with Crippen molar-refractivity contribution in [2.75, 3.05) is 26.3 Å². The number of imidazole rings is 1. The monoisotopic (exact) mass is 440 g/mol. The zero-order valence-corrected chi connectivity index (χ0v) is 17.9. The fourth-order valence-electron chi connectivity index (χ4n) is 3.50. The molecule has 1 aliphatic rings. The Morgan fingerprint density at radius 1 is 1.03 bits per heavy atom. The second kappa shape index (κ2) is 8.73. The lowest BCUT2D eigenvalue weighted by atomic mass is 10.1. The topological polar surface area (TPSA) is 51.9 Å². The first-order chi connectivity index (χ1) is 14.8. The van der Waals surface area contributed by atoms with E-state index in [1.54, 1.807) is 11.3 Å². The highest BCUT2D eigenvalue weighted by Gasteiger charge is 2.21. The first-order valence-electron chi connectivity index (χ1n) is 9.87. The van der Waals surface area contributed by atoms with Crippen LogP contribution < -0.4 is 4.74 Å². The molecule has 0 N–H and O–H groups in total. The van der Waals surface area contributed by atoms with Crippen LogP contribution in [0, 0.1) is 0 Å². The van der Waals surface area contributed by atoms with E-state index in [4.69, 9.17) is 31.2 Å². The highest BCUT2D eigenvalue weighted by molar-refractivity contribution is 7.16. The lowest BCUT2D eigenvalue weighted by Gasteiger charge is -2.26. The Hall–Kier alpha value is -2.45. The van der Waals surface area contributed by atoms with E-state index >= 15 is 0 Å². The Balaban J connectivity index is 1.44. The summed E-state index contributed by atoms with van der Waals surface area (Å²) in [6.07, 6.45) is 0. The van der Waals surface area contributed by atoms with E-state index in [9.17, 15) is 0 Å². The van der Waals surface area contributed by atoms with Crippen LogP contribution in [0.4, 0.5) is 0 Å². The van der Waals surface area contributed by atoms with E-state index in [1.807, 2.05) is 47.0 Å². The Morgan fingerprint density at radius 3 is 2.57 bits per heavy atom. The second-order valence-electron chi connectivity index (χ2n) is 7.09. The van der Waals surface area contributed by atoms with Gasteiger partial charge >= 0.3 is 0 Å². The SMILES string of the molecule is Clc1ccc(OCc2nn3c(CN4CCOCC4)c(-c4ccccc4)nc3s2)cc1. The lowest BCUT2D eigenvalue weighted by molar-refractivity contribution is 0.0335. The fourth-order valence-corrected chi connectivity index (χ4v) is 4.46. The fraction of sp³-hybridized carbons (Fsp3) is 0.273. The lowest BCUT2D eigenvalue weighted by Crippen LogP contribution is -2.36. The molecule has 1 fully saturated rings. The molecule has 0 aliphatic carbocycles. The van der Waals surface area contributed by atoms with Gasteiger partial charge in [-0.1, -0.05) is 53.3 Å². The van der Waals surface area contributed by atoms with Gasteiger partial charge in [-0.2, -0.15) is 5.10 Å². The van der Waals surface area contributed by atoms with Crippen LogP contribution in [0.2, 0.25) is 5.02 Å².